The van der Waals surface area contributed by atoms with Crippen molar-refractivity contribution < 1.29 is 9.53 Å². The van der Waals surface area contributed by atoms with Gasteiger partial charge in [0, 0.05) is 51.3 Å². The van der Waals surface area contributed by atoms with Crippen LogP contribution in [0.15, 0.2) is 47.6 Å². The largest absolute Gasteiger partial charge is 0.493 e. The molecule has 6 nitrogen and oxygen atoms in total. The van der Waals surface area contributed by atoms with Crippen molar-refractivity contribution in [3.05, 3.63) is 53.6 Å². The molecule has 0 spiro atoms. The molecule has 3 heterocycles. The van der Waals surface area contributed by atoms with E-state index in [1.165, 1.54) is 11.1 Å². The third kappa shape index (κ3) is 4.88. The molecule has 2 aliphatic heterocycles. The standard InChI is InChI=1S/C24H28N4O2S/c29-23(6-3-15-31-24-25-20-4-1-2-5-21(20)26-24)28-12-10-27(11-13-28)17-18-7-8-22-19(16-18)9-14-30-22/h1-2,4-5,7-8,16H,3,6,9-15,17H2,(H,25,26). The summed E-state index contributed by atoms with van der Waals surface area (Å²) in [6, 6.07) is 14.6. The smallest absolute Gasteiger partial charge is 0.222 e. The minimum absolute atomic E-state index is 0.277. The van der Waals surface area contributed by atoms with Crippen LogP contribution >= 0.6 is 11.8 Å². The van der Waals surface area contributed by atoms with Gasteiger partial charge in [0.1, 0.15) is 5.75 Å². The average Bonchev–Trinajstić information content (AvgIpc) is 3.43. The second-order valence-corrected chi connectivity index (χ2v) is 9.29. The zero-order chi connectivity index (χ0) is 21.0. The lowest BCUT2D eigenvalue weighted by Gasteiger charge is -2.35. The molecule has 2 aliphatic rings. The van der Waals surface area contributed by atoms with Gasteiger partial charge in [0.25, 0.3) is 0 Å². The molecule has 7 heteroatoms. The van der Waals surface area contributed by atoms with Crippen molar-refractivity contribution in [1.29, 1.82) is 0 Å². The van der Waals surface area contributed by atoms with Crippen LogP contribution in [0.5, 0.6) is 5.75 Å². The van der Waals surface area contributed by atoms with Crippen LogP contribution in [0.1, 0.15) is 24.0 Å². The molecule has 0 bridgehead atoms. The lowest BCUT2D eigenvalue weighted by molar-refractivity contribution is -0.133. The van der Waals surface area contributed by atoms with E-state index >= 15 is 0 Å². The number of aromatic amines is 1. The molecule has 3 aromatic rings. The van der Waals surface area contributed by atoms with Gasteiger partial charge in [0.2, 0.25) is 5.91 Å². The topological polar surface area (TPSA) is 61.5 Å². The Balaban J connectivity index is 1.02. The van der Waals surface area contributed by atoms with Crippen molar-refractivity contribution in [2.45, 2.75) is 31.0 Å². The Morgan fingerprint density at radius 1 is 1.13 bits per heavy atom. The first-order chi connectivity index (χ1) is 15.2. The fourth-order valence-corrected chi connectivity index (χ4v) is 5.13. The van der Waals surface area contributed by atoms with Crippen molar-refractivity contribution in [3.63, 3.8) is 0 Å². The molecule has 2 aromatic carbocycles. The fourth-order valence-electron chi connectivity index (χ4n) is 4.30. The summed E-state index contributed by atoms with van der Waals surface area (Å²) in [4.78, 5) is 25.0. The van der Waals surface area contributed by atoms with Crippen LogP contribution in [0.25, 0.3) is 11.0 Å². The number of imidazole rings is 1. The molecule has 1 amide bonds. The number of hydrogen-bond donors (Lipinski definition) is 1. The van der Waals surface area contributed by atoms with E-state index in [0.717, 1.165) is 79.9 Å². The summed E-state index contributed by atoms with van der Waals surface area (Å²) in [5.41, 5.74) is 4.72. The molecular formula is C24H28N4O2S. The van der Waals surface area contributed by atoms with Gasteiger partial charge < -0.3 is 14.6 Å². The van der Waals surface area contributed by atoms with Gasteiger partial charge in [0.05, 0.1) is 17.6 Å². The van der Waals surface area contributed by atoms with E-state index < -0.39 is 0 Å². The quantitative estimate of drug-likeness (QED) is 0.452. The molecule has 0 saturated carbocycles. The number of carbonyl (C=O) groups excluding carboxylic acids is 1. The number of fused-ring (bicyclic) bond motifs is 2. The van der Waals surface area contributed by atoms with Crippen LogP contribution in [-0.4, -0.2) is 64.2 Å². The Kier molecular flexibility index (Phi) is 6.13. The summed E-state index contributed by atoms with van der Waals surface area (Å²) < 4.78 is 5.60. The van der Waals surface area contributed by atoms with E-state index in [1.54, 1.807) is 11.8 Å². The summed E-state index contributed by atoms with van der Waals surface area (Å²) in [6.07, 6.45) is 2.50. The van der Waals surface area contributed by atoms with E-state index in [1.807, 2.05) is 29.2 Å². The monoisotopic (exact) mass is 436 g/mol. The maximum atomic E-state index is 12.6. The van der Waals surface area contributed by atoms with E-state index in [-0.39, 0.29) is 5.91 Å². The van der Waals surface area contributed by atoms with Crippen LogP contribution in [-0.2, 0) is 17.8 Å². The van der Waals surface area contributed by atoms with Gasteiger partial charge in [-0.25, -0.2) is 4.98 Å². The fraction of sp³-hybridized carbons (Fsp3) is 0.417. The highest BCUT2D eigenvalue weighted by Crippen LogP contribution is 2.26. The molecule has 0 radical (unpaired) electrons. The first kappa shape index (κ1) is 20.4. The van der Waals surface area contributed by atoms with Crippen LogP contribution in [0, 0.1) is 0 Å². The van der Waals surface area contributed by atoms with Gasteiger partial charge in [-0.1, -0.05) is 36.0 Å². The van der Waals surface area contributed by atoms with Crippen molar-refractivity contribution >= 4 is 28.7 Å². The molecule has 1 saturated heterocycles. The second kappa shape index (κ2) is 9.32. The zero-order valence-electron chi connectivity index (χ0n) is 17.7. The normalized spacial score (nSPS) is 16.5. The molecule has 0 aliphatic carbocycles. The molecular weight excluding hydrogens is 408 g/mol. The average molecular weight is 437 g/mol. The molecule has 0 unspecified atom stereocenters. The van der Waals surface area contributed by atoms with Crippen LogP contribution in [0.3, 0.4) is 0 Å². The number of H-pyrrole nitrogens is 1. The summed E-state index contributed by atoms with van der Waals surface area (Å²) in [5.74, 6) is 2.21. The molecule has 5 rings (SSSR count). The summed E-state index contributed by atoms with van der Waals surface area (Å²) >= 11 is 1.69. The predicted octanol–water partition coefficient (Wildman–Crippen LogP) is 3.71. The van der Waals surface area contributed by atoms with Gasteiger partial charge in [0.15, 0.2) is 5.16 Å². The number of hydrogen-bond acceptors (Lipinski definition) is 5. The highest BCUT2D eigenvalue weighted by Gasteiger charge is 2.21. The molecule has 1 fully saturated rings. The lowest BCUT2D eigenvalue weighted by Crippen LogP contribution is -2.48. The van der Waals surface area contributed by atoms with Gasteiger partial charge in [-0.2, -0.15) is 0 Å². The highest BCUT2D eigenvalue weighted by atomic mass is 32.2. The molecule has 31 heavy (non-hydrogen) atoms. The minimum atomic E-state index is 0.277. The number of ether oxygens (including phenoxy) is 1. The first-order valence-electron chi connectivity index (χ1n) is 11.1. The Morgan fingerprint density at radius 3 is 2.87 bits per heavy atom. The summed E-state index contributed by atoms with van der Waals surface area (Å²) in [7, 11) is 0. The molecule has 1 aromatic heterocycles. The summed E-state index contributed by atoms with van der Waals surface area (Å²) in [6.45, 7) is 5.27. The predicted molar refractivity (Wildman–Crippen MR) is 124 cm³/mol. The Bertz CT molecular complexity index is 1030. The number of carbonyl (C=O) groups is 1. The third-order valence-corrected chi connectivity index (χ3v) is 6.99. The zero-order valence-corrected chi connectivity index (χ0v) is 18.5. The van der Waals surface area contributed by atoms with Gasteiger partial charge in [-0.3, -0.25) is 9.69 Å². The van der Waals surface area contributed by atoms with Crippen LogP contribution in [0.2, 0.25) is 0 Å². The van der Waals surface area contributed by atoms with E-state index in [2.05, 4.69) is 33.1 Å². The van der Waals surface area contributed by atoms with Gasteiger partial charge in [-0.05, 0) is 35.7 Å². The number of piperazine rings is 1. The molecule has 1 N–H and O–H groups in total. The number of amides is 1. The van der Waals surface area contributed by atoms with Crippen molar-refractivity contribution in [1.82, 2.24) is 19.8 Å². The number of nitrogens with zero attached hydrogens (tertiary/aromatic N) is 3. The number of nitrogens with one attached hydrogen (secondary N) is 1. The number of rotatable bonds is 7. The van der Waals surface area contributed by atoms with E-state index in [4.69, 9.17) is 4.74 Å². The summed E-state index contributed by atoms with van der Waals surface area (Å²) in [5, 5.41) is 0.931. The maximum Gasteiger partial charge on any atom is 0.222 e. The molecule has 162 valence electrons. The number of aromatic nitrogens is 2. The van der Waals surface area contributed by atoms with Gasteiger partial charge >= 0.3 is 0 Å². The Labute approximate surface area is 187 Å². The third-order valence-electron chi connectivity index (χ3n) is 6.03. The highest BCUT2D eigenvalue weighted by molar-refractivity contribution is 7.99. The van der Waals surface area contributed by atoms with Crippen LogP contribution in [0.4, 0.5) is 0 Å². The number of para-hydroxylation sites is 2. The SMILES string of the molecule is O=C(CCCSc1nc2ccccc2[nH]1)N1CCN(Cc2ccc3c(c2)CCO3)CC1. The maximum absolute atomic E-state index is 12.6. The van der Waals surface area contributed by atoms with Gasteiger partial charge in [-0.15, -0.1) is 0 Å². The van der Waals surface area contributed by atoms with Crippen molar-refractivity contribution in [2.75, 3.05) is 38.5 Å². The number of thioether (sulfide) groups is 1. The Hall–Kier alpha value is -2.51. The number of benzene rings is 2. The lowest BCUT2D eigenvalue weighted by atomic mass is 10.1. The van der Waals surface area contributed by atoms with Crippen LogP contribution < -0.4 is 4.74 Å². The Morgan fingerprint density at radius 2 is 2.00 bits per heavy atom. The van der Waals surface area contributed by atoms with Crippen molar-refractivity contribution in [2.24, 2.45) is 0 Å². The first-order valence-corrected chi connectivity index (χ1v) is 12.1. The van der Waals surface area contributed by atoms with E-state index in [9.17, 15) is 4.79 Å². The minimum Gasteiger partial charge on any atom is -0.493 e. The molecule has 0 atom stereocenters. The second-order valence-electron chi connectivity index (χ2n) is 8.21. The van der Waals surface area contributed by atoms with Crippen molar-refractivity contribution in [3.8, 4) is 5.75 Å². The van der Waals surface area contributed by atoms with E-state index in [0.29, 0.717) is 6.42 Å².